The summed E-state index contributed by atoms with van der Waals surface area (Å²) in [4.78, 5) is 51.0. The lowest BCUT2D eigenvalue weighted by atomic mass is 9.87. The third-order valence-corrected chi connectivity index (χ3v) is 5.96. The summed E-state index contributed by atoms with van der Waals surface area (Å²) in [5.74, 6) is -2.21. The van der Waals surface area contributed by atoms with Crippen molar-refractivity contribution in [1.82, 2.24) is 20.4 Å². The molecule has 1 aromatic carbocycles. The maximum Gasteiger partial charge on any atom is 0.408 e. The van der Waals surface area contributed by atoms with E-state index in [0.29, 0.717) is 38.8 Å². The van der Waals surface area contributed by atoms with Gasteiger partial charge in [-0.1, -0.05) is 44.2 Å². The van der Waals surface area contributed by atoms with Crippen molar-refractivity contribution in [3.8, 4) is 0 Å². The van der Waals surface area contributed by atoms with Crippen LogP contribution in [0.25, 0.3) is 0 Å². The Morgan fingerprint density at radius 3 is 2.74 bits per heavy atom. The van der Waals surface area contributed by atoms with Crippen molar-refractivity contribution < 1.29 is 23.9 Å². The zero-order valence-corrected chi connectivity index (χ0v) is 20.4. The number of alkyl carbamates (subject to hydrolysis) is 1. The molecule has 2 N–H and O–H groups in total. The fourth-order valence-corrected chi connectivity index (χ4v) is 4.07. The lowest BCUT2D eigenvalue weighted by Gasteiger charge is -2.22. The fraction of sp³-hybridized carbons (Fsp3) is 0.500. The smallest absolute Gasteiger partial charge is 0.408 e. The Morgan fingerprint density at radius 1 is 1.23 bits per heavy atom. The van der Waals surface area contributed by atoms with Crippen LogP contribution < -0.4 is 10.6 Å². The van der Waals surface area contributed by atoms with Crippen LogP contribution in [0.15, 0.2) is 42.7 Å². The third kappa shape index (κ3) is 8.35. The van der Waals surface area contributed by atoms with E-state index in [9.17, 15) is 19.2 Å². The van der Waals surface area contributed by atoms with E-state index in [4.69, 9.17) is 4.74 Å². The molecule has 2 unspecified atom stereocenters. The highest BCUT2D eigenvalue weighted by molar-refractivity contribution is 6.37. The largest absolute Gasteiger partial charge is 0.445 e. The summed E-state index contributed by atoms with van der Waals surface area (Å²) >= 11 is 0. The van der Waals surface area contributed by atoms with E-state index >= 15 is 0 Å². The number of aromatic nitrogens is 2. The van der Waals surface area contributed by atoms with E-state index in [1.807, 2.05) is 55.1 Å². The molecule has 0 spiro atoms. The van der Waals surface area contributed by atoms with Crippen molar-refractivity contribution in [2.24, 2.45) is 11.8 Å². The molecule has 9 nitrogen and oxygen atoms in total. The fourth-order valence-electron chi connectivity index (χ4n) is 4.07. The molecule has 1 aliphatic heterocycles. The van der Waals surface area contributed by atoms with Crippen LogP contribution in [0.2, 0.25) is 0 Å². The molecule has 0 saturated carbocycles. The van der Waals surface area contributed by atoms with Gasteiger partial charge in [0, 0.05) is 31.6 Å². The molecule has 188 valence electrons. The Labute approximate surface area is 205 Å². The topological polar surface area (TPSA) is 119 Å². The first kappa shape index (κ1) is 26.1. The van der Waals surface area contributed by atoms with Crippen molar-refractivity contribution in [3.63, 3.8) is 0 Å². The molecule has 3 rings (SSSR count). The monoisotopic (exact) mass is 482 g/mol. The standard InChI is InChI=1S/C26H34N4O5/c1-18(2)13-22(29-26(34)35-17-19-7-4-3-5-8-19)23(31)14-21-10-9-20-15-28-30(16-20)12-6-11-27-25(33)24(21)32/h3-5,7-8,15-16,18,21-22H,6,9-14,17H2,1-2H3,(H,27,33)(H,29,34). The molecule has 2 heterocycles. The lowest BCUT2D eigenvalue weighted by Crippen LogP contribution is -2.44. The van der Waals surface area contributed by atoms with Gasteiger partial charge in [-0.15, -0.1) is 0 Å². The van der Waals surface area contributed by atoms with E-state index in [2.05, 4.69) is 15.7 Å². The van der Waals surface area contributed by atoms with Gasteiger partial charge in [0.05, 0.1) is 12.2 Å². The number of hydrogen-bond donors (Lipinski definition) is 2. The number of ketones is 2. The molecule has 0 saturated heterocycles. The minimum absolute atomic E-state index is 0.0875. The van der Waals surface area contributed by atoms with Crippen molar-refractivity contribution in [2.75, 3.05) is 6.54 Å². The predicted octanol–water partition coefficient (Wildman–Crippen LogP) is 2.82. The van der Waals surface area contributed by atoms with Crippen molar-refractivity contribution >= 4 is 23.6 Å². The summed E-state index contributed by atoms with van der Waals surface area (Å²) in [5, 5.41) is 9.63. The molecule has 0 fully saturated rings. The molecular weight excluding hydrogens is 448 g/mol. The van der Waals surface area contributed by atoms with Crippen LogP contribution in [-0.4, -0.2) is 45.9 Å². The predicted molar refractivity (Wildman–Crippen MR) is 129 cm³/mol. The molecule has 2 bridgehead atoms. The first-order valence-electron chi connectivity index (χ1n) is 12.1. The molecule has 9 heteroatoms. The zero-order valence-electron chi connectivity index (χ0n) is 20.4. The summed E-state index contributed by atoms with van der Waals surface area (Å²) in [6, 6.07) is 8.45. The third-order valence-electron chi connectivity index (χ3n) is 5.96. The summed E-state index contributed by atoms with van der Waals surface area (Å²) < 4.78 is 7.10. The van der Waals surface area contributed by atoms with Crippen LogP contribution in [0.4, 0.5) is 4.79 Å². The van der Waals surface area contributed by atoms with E-state index in [-0.39, 0.29) is 24.7 Å². The molecule has 2 amide bonds. The molecule has 1 aromatic heterocycles. The van der Waals surface area contributed by atoms with E-state index < -0.39 is 29.7 Å². The molecule has 0 aliphatic carbocycles. The summed E-state index contributed by atoms with van der Waals surface area (Å²) in [6.45, 7) is 4.99. The van der Waals surface area contributed by atoms with Crippen LogP contribution in [0.3, 0.4) is 0 Å². The van der Waals surface area contributed by atoms with Gasteiger partial charge in [-0.3, -0.25) is 19.1 Å². The number of rotatable bonds is 8. The molecule has 2 aromatic rings. The second-order valence-corrected chi connectivity index (χ2v) is 9.38. The van der Waals surface area contributed by atoms with Gasteiger partial charge in [0.2, 0.25) is 5.78 Å². The highest BCUT2D eigenvalue weighted by Gasteiger charge is 2.31. The Hall–Kier alpha value is -3.49. The second kappa shape index (κ2) is 12.8. The average molecular weight is 483 g/mol. The average Bonchev–Trinajstić information content (AvgIpc) is 3.29. The molecule has 0 radical (unpaired) electrons. The van der Waals surface area contributed by atoms with Crippen LogP contribution in [0.5, 0.6) is 0 Å². The number of nitrogens with one attached hydrogen (secondary N) is 2. The maximum absolute atomic E-state index is 13.2. The van der Waals surface area contributed by atoms with Crippen molar-refractivity contribution in [3.05, 3.63) is 53.9 Å². The van der Waals surface area contributed by atoms with Gasteiger partial charge in [-0.25, -0.2) is 4.79 Å². The molecule has 1 aliphatic rings. The zero-order chi connectivity index (χ0) is 25.2. The van der Waals surface area contributed by atoms with Gasteiger partial charge in [0.15, 0.2) is 5.78 Å². The minimum atomic E-state index is -0.807. The van der Waals surface area contributed by atoms with Gasteiger partial charge >= 0.3 is 6.09 Å². The second-order valence-electron chi connectivity index (χ2n) is 9.38. The van der Waals surface area contributed by atoms with Crippen LogP contribution in [0.1, 0.15) is 50.7 Å². The van der Waals surface area contributed by atoms with Gasteiger partial charge < -0.3 is 15.4 Å². The quantitative estimate of drug-likeness (QED) is 0.559. The van der Waals surface area contributed by atoms with Gasteiger partial charge in [0.1, 0.15) is 6.61 Å². The molecule has 35 heavy (non-hydrogen) atoms. The van der Waals surface area contributed by atoms with Crippen molar-refractivity contribution in [1.29, 1.82) is 0 Å². The highest BCUT2D eigenvalue weighted by atomic mass is 16.5. The Morgan fingerprint density at radius 2 is 2.00 bits per heavy atom. The maximum atomic E-state index is 13.2. The van der Waals surface area contributed by atoms with Crippen LogP contribution in [-0.2, 0) is 38.7 Å². The minimum Gasteiger partial charge on any atom is -0.445 e. The Balaban J connectivity index is 1.66. The van der Waals surface area contributed by atoms with E-state index in [1.165, 1.54) is 0 Å². The van der Waals surface area contributed by atoms with Gasteiger partial charge in [0.25, 0.3) is 5.91 Å². The van der Waals surface area contributed by atoms with E-state index in [1.54, 1.807) is 6.20 Å². The number of carbonyl (C=O) groups excluding carboxylic acids is 4. The number of hydrogen-bond acceptors (Lipinski definition) is 6. The molecular formula is C26H34N4O5. The number of carbonyl (C=O) groups is 4. The first-order valence-corrected chi connectivity index (χ1v) is 12.1. The number of nitrogens with zero attached hydrogens (tertiary/aromatic N) is 2. The SMILES string of the molecule is CC(C)CC(NC(=O)OCc1ccccc1)C(=O)CC1CCc2cnn(c2)CCCNC(=O)C1=O. The summed E-state index contributed by atoms with van der Waals surface area (Å²) in [5.41, 5.74) is 1.79. The number of ether oxygens (including phenoxy) is 1. The number of fused-ring (bicyclic) bond motifs is 2. The van der Waals surface area contributed by atoms with Crippen LogP contribution >= 0.6 is 0 Å². The summed E-state index contributed by atoms with van der Waals surface area (Å²) in [7, 11) is 0. The van der Waals surface area contributed by atoms with Gasteiger partial charge in [-0.2, -0.15) is 5.10 Å². The number of aryl methyl sites for hydroxylation is 2. The number of Topliss-reactive ketones (excluding diaryl/α,β-unsaturated/α-hetero) is 2. The highest BCUT2D eigenvalue weighted by Crippen LogP contribution is 2.19. The Kier molecular flexibility index (Phi) is 9.57. The van der Waals surface area contributed by atoms with Crippen LogP contribution in [0, 0.1) is 11.8 Å². The number of amides is 2. The van der Waals surface area contributed by atoms with Crippen molar-refractivity contribution in [2.45, 2.75) is 65.1 Å². The molecule has 2 atom stereocenters. The van der Waals surface area contributed by atoms with E-state index in [0.717, 1.165) is 11.1 Å². The normalized spacial score (nSPS) is 17.6. The first-order chi connectivity index (χ1) is 16.8. The Bertz CT molecular complexity index is 1020. The lowest BCUT2D eigenvalue weighted by molar-refractivity contribution is -0.141. The number of benzene rings is 1. The summed E-state index contributed by atoms with van der Waals surface area (Å²) in [6.07, 6.45) is 4.78. The van der Waals surface area contributed by atoms with Gasteiger partial charge in [-0.05, 0) is 42.7 Å².